The second kappa shape index (κ2) is 4.66. The Balaban J connectivity index is 2.62. The number of methoxy groups -OCH3 is 2. The van der Waals surface area contributed by atoms with E-state index in [-0.39, 0.29) is 6.61 Å². The van der Waals surface area contributed by atoms with Gasteiger partial charge in [-0.1, -0.05) is 0 Å². The van der Waals surface area contributed by atoms with Gasteiger partial charge in [-0.15, -0.1) is 0 Å². The predicted octanol–water partition coefficient (Wildman–Crippen LogP) is -1.02. The van der Waals surface area contributed by atoms with Gasteiger partial charge in [0.2, 0.25) is 0 Å². The van der Waals surface area contributed by atoms with E-state index in [4.69, 9.17) is 14.2 Å². The standard InChI is InChI=1S/C8H14O5/c1-11-6(3-9)8-7(12-2)5(10)4-13-8/h3,5-8,10H,4H2,1-2H3/t5-,6+,7+,8-/m0/s1. The van der Waals surface area contributed by atoms with Gasteiger partial charge < -0.3 is 24.1 Å². The molecule has 0 aromatic carbocycles. The average Bonchev–Trinajstić information content (AvgIpc) is 2.50. The van der Waals surface area contributed by atoms with Gasteiger partial charge in [0.05, 0.1) is 6.61 Å². The summed E-state index contributed by atoms with van der Waals surface area (Å²) in [4.78, 5) is 10.5. The molecule has 5 nitrogen and oxygen atoms in total. The van der Waals surface area contributed by atoms with E-state index in [2.05, 4.69) is 0 Å². The van der Waals surface area contributed by atoms with Gasteiger partial charge >= 0.3 is 0 Å². The average molecular weight is 190 g/mol. The zero-order valence-corrected chi connectivity index (χ0v) is 7.67. The van der Waals surface area contributed by atoms with Gasteiger partial charge in [0.15, 0.2) is 6.29 Å². The van der Waals surface area contributed by atoms with Crippen LogP contribution in [0.2, 0.25) is 0 Å². The summed E-state index contributed by atoms with van der Waals surface area (Å²) in [6.07, 6.45) is -1.72. The van der Waals surface area contributed by atoms with Crippen molar-refractivity contribution in [3.63, 3.8) is 0 Å². The maximum Gasteiger partial charge on any atom is 0.151 e. The minimum Gasteiger partial charge on any atom is -0.388 e. The molecule has 5 heteroatoms. The van der Waals surface area contributed by atoms with Crippen LogP contribution >= 0.6 is 0 Å². The van der Waals surface area contributed by atoms with Gasteiger partial charge in [-0.25, -0.2) is 0 Å². The highest BCUT2D eigenvalue weighted by Crippen LogP contribution is 2.20. The van der Waals surface area contributed by atoms with Gasteiger partial charge in [-0.3, -0.25) is 0 Å². The number of carbonyl (C=O) groups excluding carboxylic acids is 1. The predicted molar refractivity (Wildman–Crippen MR) is 43.4 cm³/mol. The molecule has 0 aliphatic carbocycles. The summed E-state index contributed by atoms with van der Waals surface area (Å²) in [5.41, 5.74) is 0. The fraction of sp³-hybridized carbons (Fsp3) is 0.875. The Morgan fingerprint density at radius 1 is 1.62 bits per heavy atom. The first-order valence-corrected chi connectivity index (χ1v) is 4.05. The summed E-state index contributed by atoms with van der Waals surface area (Å²) in [7, 11) is 2.88. The lowest BCUT2D eigenvalue weighted by molar-refractivity contribution is -0.129. The van der Waals surface area contributed by atoms with Gasteiger partial charge in [0.1, 0.15) is 24.4 Å². The number of hydrogen-bond donors (Lipinski definition) is 1. The first-order chi connectivity index (χ1) is 6.24. The molecule has 1 rings (SSSR count). The van der Waals surface area contributed by atoms with Crippen molar-refractivity contribution in [2.45, 2.75) is 24.4 Å². The summed E-state index contributed by atoms with van der Waals surface area (Å²) in [6, 6.07) is 0. The molecule has 0 aromatic heterocycles. The molecule has 76 valence electrons. The van der Waals surface area contributed by atoms with Crippen molar-refractivity contribution in [1.82, 2.24) is 0 Å². The molecule has 4 atom stereocenters. The summed E-state index contributed by atoms with van der Waals surface area (Å²) >= 11 is 0. The van der Waals surface area contributed by atoms with Gasteiger partial charge in [0, 0.05) is 14.2 Å². The Bertz CT molecular complexity index is 172. The first kappa shape index (κ1) is 10.6. The number of hydrogen-bond acceptors (Lipinski definition) is 5. The third kappa shape index (κ3) is 2.05. The Morgan fingerprint density at radius 3 is 2.77 bits per heavy atom. The van der Waals surface area contributed by atoms with Crippen molar-refractivity contribution in [2.75, 3.05) is 20.8 Å². The summed E-state index contributed by atoms with van der Waals surface area (Å²) < 4.78 is 15.1. The topological polar surface area (TPSA) is 65.0 Å². The van der Waals surface area contributed by atoms with E-state index in [9.17, 15) is 9.90 Å². The number of aldehydes is 1. The number of rotatable bonds is 4. The van der Waals surface area contributed by atoms with Crippen LogP contribution in [0.4, 0.5) is 0 Å². The van der Waals surface area contributed by atoms with Crippen molar-refractivity contribution in [1.29, 1.82) is 0 Å². The minimum atomic E-state index is -0.687. The fourth-order valence-electron chi connectivity index (χ4n) is 1.46. The van der Waals surface area contributed by atoms with Crippen molar-refractivity contribution < 1.29 is 24.1 Å². The van der Waals surface area contributed by atoms with Crippen molar-refractivity contribution in [3.8, 4) is 0 Å². The van der Waals surface area contributed by atoms with Crippen LogP contribution in [0.15, 0.2) is 0 Å². The number of aliphatic hydroxyl groups excluding tert-OH is 1. The Hall–Kier alpha value is -0.490. The van der Waals surface area contributed by atoms with Crippen LogP contribution < -0.4 is 0 Å². The normalized spacial score (nSPS) is 36.1. The van der Waals surface area contributed by atoms with E-state index in [1.165, 1.54) is 14.2 Å². The second-order valence-electron chi connectivity index (χ2n) is 2.90. The smallest absolute Gasteiger partial charge is 0.151 e. The second-order valence-corrected chi connectivity index (χ2v) is 2.90. The molecular weight excluding hydrogens is 176 g/mol. The van der Waals surface area contributed by atoms with E-state index < -0.39 is 24.4 Å². The van der Waals surface area contributed by atoms with Crippen LogP contribution in [0.3, 0.4) is 0 Å². The molecule has 13 heavy (non-hydrogen) atoms. The van der Waals surface area contributed by atoms with E-state index >= 15 is 0 Å². The van der Waals surface area contributed by atoms with E-state index in [0.717, 1.165) is 0 Å². The summed E-state index contributed by atoms with van der Waals surface area (Å²) in [5.74, 6) is 0. The Kier molecular flexibility index (Phi) is 3.80. The molecular formula is C8H14O5. The van der Waals surface area contributed by atoms with Crippen LogP contribution in [0.1, 0.15) is 0 Å². The quantitative estimate of drug-likeness (QED) is 0.574. The van der Waals surface area contributed by atoms with Crippen LogP contribution in [0, 0.1) is 0 Å². The third-order valence-electron chi connectivity index (χ3n) is 2.16. The molecule has 1 fully saturated rings. The lowest BCUT2D eigenvalue weighted by Gasteiger charge is -2.22. The van der Waals surface area contributed by atoms with E-state index in [1.807, 2.05) is 0 Å². The van der Waals surface area contributed by atoms with Crippen molar-refractivity contribution in [3.05, 3.63) is 0 Å². The highest BCUT2D eigenvalue weighted by Gasteiger charge is 2.41. The third-order valence-corrected chi connectivity index (χ3v) is 2.16. The Labute approximate surface area is 76.6 Å². The minimum absolute atomic E-state index is 0.177. The lowest BCUT2D eigenvalue weighted by atomic mass is 10.1. The molecule has 1 heterocycles. The molecule has 1 aliphatic rings. The molecule has 1 N–H and O–H groups in total. The van der Waals surface area contributed by atoms with Crippen LogP contribution in [0.25, 0.3) is 0 Å². The lowest BCUT2D eigenvalue weighted by Crippen LogP contribution is -2.41. The highest BCUT2D eigenvalue weighted by molar-refractivity contribution is 5.57. The van der Waals surface area contributed by atoms with E-state index in [0.29, 0.717) is 6.29 Å². The number of aliphatic hydroxyl groups is 1. The van der Waals surface area contributed by atoms with Crippen LogP contribution in [-0.4, -0.2) is 56.6 Å². The zero-order chi connectivity index (χ0) is 9.84. The largest absolute Gasteiger partial charge is 0.388 e. The molecule has 0 unspecified atom stereocenters. The van der Waals surface area contributed by atoms with E-state index in [1.54, 1.807) is 0 Å². The summed E-state index contributed by atoms with van der Waals surface area (Å²) in [5, 5.41) is 9.38. The molecule has 0 radical (unpaired) electrons. The molecule has 0 saturated carbocycles. The Morgan fingerprint density at radius 2 is 2.31 bits per heavy atom. The SMILES string of the molecule is CO[C@H]1[C@H]([C@@H](C=O)OC)OC[C@@H]1O. The molecule has 0 amide bonds. The first-order valence-electron chi connectivity index (χ1n) is 4.05. The monoisotopic (exact) mass is 190 g/mol. The maximum atomic E-state index is 10.5. The number of ether oxygens (including phenoxy) is 3. The van der Waals surface area contributed by atoms with Crippen molar-refractivity contribution >= 4 is 6.29 Å². The van der Waals surface area contributed by atoms with Crippen LogP contribution in [-0.2, 0) is 19.0 Å². The fourth-order valence-corrected chi connectivity index (χ4v) is 1.46. The van der Waals surface area contributed by atoms with Gasteiger partial charge in [0.25, 0.3) is 0 Å². The van der Waals surface area contributed by atoms with Gasteiger partial charge in [-0.2, -0.15) is 0 Å². The maximum absolute atomic E-state index is 10.5. The van der Waals surface area contributed by atoms with Crippen molar-refractivity contribution in [2.24, 2.45) is 0 Å². The molecule has 0 spiro atoms. The molecule has 1 saturated heterocycles. The highest BCUT2D eigenvalue weighted by atomic mass is 16.6. The number of carbonyl (C=O) groups is 1. The molecule has 0 bridgehead atoms. The molecule has 0 aromatic rings. The summed E-state index contributed by atoms with van der Waals surface area (Å²) in [6.45, 7) is 0.177. The zero-order valence-electron chi connectivity index (χ0n) is 7.67. The molecule has 1 aliphatic heterocycles. The van der Waals surface area contributed by atoms with Gasteiger partial charge in [-0.05, 0) is 0 Å². The van der Waals surface area contributed by atoms with Crippen LogP contribution in [0.5, 0.6) is 0 Å².